The summed E-state index contributed by atoms with van der Waals surface area (Å²) in [5.74, 6) is -2.36. The minimum atomic E-state index is -4.61. The molecule has 0 saturated heterocycles. The highest BCUT2D eigenvalue weighted by atomic mass is 32.1. The highest BCUT2D eigenvalue weighted by molar-refractivity contribution is 7.11. The van der Waals surface area contributed by atoms with E-state index in [1.807, 2.05) is 0 Å². The van der Waals surface area contributed by atoms with Crippen molar-refractivity contribution in [3.05, 3.63) is 45.9 Å². The van der Waals surface area contributed by atoms with Crippen LogP contribution in [-0.4, -0.2) is 21.3 Å². The van der Waals surface area contributed by atoms with Crippen LogP contribution in [0.25, 0.3) is 0 Å². The molecule has 0 fully saturated rings. The van der Waals surface area contributed by atoms with E-state index >= 15 is 0 Å². The molecule has 0 bridgehead atoms. The van der Waals surface area contributed by atoms with E-state index < -0.39 is 23.1 Å². The van der Waals surface area contributed by atoms with Crippen LogP contribution in [-0.2, 0) is 17.4 Å². The number of alkyl halides is 3. The van der Waals surface area contributed by atoms with E-state index in [4.69, 9.17) is 5.11 Å². The molecule has 1 N–H and O–H groups in total. The van der Waals surface area contributed by atoms with E-state index in [1.54, 1.807) is 30.3 Å². The van der Waals surface area contributed by atoms with Crippen LogP contribution in [0, 0.1) is 0 Å². The third-order valence-electron chi connectivity index (χ3n) is 2.56. The number of aliphatic carboxylic acids is 1. The van der Waals surface area contributed by atoms with Crippen LogP contribution in [0.2, 0.25) is 0 Å². The zero-order valence-electron chi connectivity index (χ0n) is 9.96. The molecule has 106 valence electrons. The highest BCUT2D eigenvalue weighted by Gasteiger charge is 2.37. The summed E-state index contributed by atoms with van der Waals surface area (Å²) in [4.78, 5) is 11.2. The molecule has 8 heteroatoms. The number of carbonyl (C=O) groups is 1. The summed E-state index contributed by atoms with van der Waals surface area (Å²) in [5.41, 5.74) is 0.712. The van der Waals surface area contributed by atoms with E-state index in [9.17, 15) is 18.0 Å². The lowest BCUT2D eigenvalue weighted by molar-refractivity contribution is -0.139. The first kappa shape index (κ1) is 14.4. The summed E-state index contributed by atoms with van der Waals surface area (Å²) < 4.78 is 37.4. The summed E-state index contributed by atoms with van der Waals surface area (Å²) >= 11 is 0.267. The molecule has 1 heterocycles. The molecule has 1 aromatic heterocycles. The maximum Gasteiger partial charge on any atom is 0.445 e. The molecule has 0 aliphatic carbocycles. The smallest absolute Gasteiger partial charge is 0.445 e. The van der Waals surface area contributed by atoms with Crippen molar-refractivity contribution in [1.29, 1.82) is 0 Å². The molecule has 1 aromatic carbocycles. The van der Waals surface area contributed by atoms with Gasteiger partial charge in [0.25, 0.3) is 0 Å². The predicted molar refractivity (Wildman–Crippen MR) is 65.4 cm³/mol. The summed E-state index contributed by atoms with van der Waals surface area (Å²) in [6.45, 7) is 0. The third-order valence-corrected chi connectivity index (χ3v) is 3.64. The molecule has 4 nitrogen and oxygen atoms in total. The van der Waals surface area contributed by atoms with Crippen molar-refractivity contribution in [2.45, 2.75) is 18.5 Å². The molecule has 0 saturated carbocycles. The average molecular weight is 302 g/mol. The Morgan fingerprint density at radius 1 is 1.25 bits per heavy atom. The minimum Gasteiger partial charge on any atom is -0.481 e. The van der Waals surface area contributed by atoms with Crippen LogP contribution in [0.3, 0.4) is 0 Å². The van der Waals surface area contributed by atoms with Gasteiger partial charge in [0.1, 0.15) is 10.9 Å². The van der Waals surface area contributed by atoms with E-state index in [1.165, 1.54) is 0 Å². The molecule has 2 aromatic rings. The monoisotopic (exact) mass is 302 g/mol. The normalized spacial score (nSPS) is 13.2. The van der Waals surface area contributed by atoms with Gasteiger partial charge < -0.3 is 5.11 Å². The van der Waals surface area contributed by atoms with Gasteiger partial charge in [0.05, 0.1) is 0 Å². The first-order chi connectivity index (χ1) is 9.38. The SMILES string of the molecule is O=C(O)C(Cc1ccccc1)c1nnc(C(F)(F)F)s1. The van der Waals surface area contributed by atoms with Gasteiger partial charge >= 0.3 is 12.1 Å². The number of rotatable bonds is 4. The zero-order chi connectivity index (χ0) is 14.8. The first-order valence-electron chi connectivity index (χ1n) is 5.55. The summed E-state index contributed by atoms with van der Waals surface area (Å²) in [5, 5.41) is 14.3. The standard InChI is InChI=1S/C12H9F3N2O2S/c13-12(14,15)11-17-16-9(20-11)8(10(18)19)6-7-4-2-1-3-5-7/h1-5,8H,6H2,(H,18,19). The molecule has 20 heavy (non-hydrogen) atoms. The van der Waals surface area contributed by atoms with Gasteiger partial charge in [-0.05, 0) is 12.0 Å². The van der Waals surface area contributed by atoms with E-state index in [0.717, 1.165) is 0 Å². The zero-order valence-corrected chi connectivity index (χ0v) is 10.8. The van der Waals surface area contributed by atoms with Gasteiger partial charge in [-0.15, -0.1) is 10.2 Å². The first-order valence-corrected chi connectivity index (χ1v) is 6.37. The fourth-order valence-corrected chi connectivity index (χ4v) is 2.42. The molecule has 0 aliphatic heterocycles. The number of carboxylic acid groups (broad SMARTS) is 1. The largest absolute Gasteiger partial charge is 0.481 e. The van der Waals surface area contributed by atoms with Crippen LogP contribution in [0.15, 0.2) is 30.3 Å². The summed E-state index contributed by atoms with van der Waals surface area (Å²) in [6.07, 6.45) is -4.53. The topological polar surface area (TPSA) is 63.1 Å². The lowest BCUT2D eigenvalue weighted by Crippen LogP contribution is -2.14. The third kappa shape index (κ3) is 3.32. The number of nitrogens with zero attached hydrogens (tertiary/aromatic N) is 2. The summed E-state index contributed by atoms with van der Waals surface area (Å²) in [6, 6.07) is 8.65. The molecule has 2 rings (SSSR count). The van der Waals surface area contributed by atoms with Crippen molar-refractivity contribution in [1.82, 2.24) is 10.2 Å². The molecule has 0 radical (unpaired) electrons. The highest BCUT2D eigenvalue weighted by Crippen LogP contribution is 2.34. The second-order valence-corrected chi connectivity index (χ2v) is 5.03. The number of aromatic nitrogens is 2. The van der Waals surface area contributed by atoms with E-state index in [0.29, 0.717) is 5.56 Å². The molecule has 1 atom stereocenters. The van der Waals surface area contributed by atoms with Crippen molar-refractivity contribution in [2.75, 3.05) is 0 Å². The van der Waals surface area contributed by atoms with Crippen molar-refractivity contribution in [3.63, 3.8) is 0 Å². The Hall–Kier alpha value is -1.96. The van der Waals surface area contributed by atoms with Gasteiger partial charge in [0.15, 0.2) is 0 Å². The van der Waals surface area contributed by atoms with Crippen LogP contribution in [0.1, 0.15) is 21.5 Å². The van der Waals surface area contributed by atoms with E-state index in [-0.39, 0.29) is 22.8 Å². The van der Waals surface area contributed by atoms with Crippen LogP contribution in [0.5, 0.6) is 0 Å². The molecule has 0 amide bonds. The van der Waals surface area contributed by atoms with Gasteiger partial charge in [-0.2, -0.15) is 13.2 Å². The molecular weight excluding hydrogens is 293 g/mol. The van der Waals surface area contributed by atoms with Crippen LogP contribution < -0.4 is 0 Å². The Morgan fingerprint density at radius 3 is 2.40 bits per heavy atom. The maximum atomic E-state index is 12.5. The van der Waals surface area contributed by atoms with E-state index in [2.05, 4.69) is 10.2 Å². The van der Waals surface area contributed by atoms with Gasteiger partial charge in [-0.25, -0.2) is 0 Å². The van der Waals surface area contributed by atoms with Crippen molar-refractivity contribution < 1.29 is 23.1 Å². The minimum absolute atomic E-state index is 0.0721. The fraction of sp³-hybridized carbons (Fsp3) is 0.250. The Bertz CT molecular complexity index is 598. The molecule has 1 unspecified atom stereocenters. The van der Waals surface area contributed by atoms with Crippen LogP contribution >= 0.6 is 11.3 Å². The van der Waals surface area contributed by atoms with Gasteiger partial charge in [0, 0.05) is 0 Å². The summed E-state index contributed by atoms with van der Waals surface area (Å²) in [7, 11) is 0. The van der Waals surface area contributed by atoms with Crippen molar-refractivity contribution in [3.8, 4) is 0 Å². The second-order valence-electron chi connectivity index (χ2n) is 4.02. The second kappa shape index (κ2) is 5.58. The quantitative estimate of drug-likeness (QED) is 0.943. The average Bonchev–Trinajstić information content (AvgIpc) is 2.86. The number of benzene rings is 1. The number of halogens is 3. The van der Waals surface area contributed by atoms with Gasteiger partial charge in [-0.3, -0.25) is 4.79 Å². The van der Waals surface area contributed by atoms with Crippen molar-refractivity contribution >= 4 is 17.3 Å². The van der Waals surface area contributed by atoms with Gasteiger partial charge in [0.2, 0.25) is 5.01 Å². The Kier molecular flexibility index (Phi) is 4.03. The molecular formula is C12H9F3N2O2S. The lowest BCUT2D eigenvalue weighted by atomic mass is 10.0. The molecule has 0 spiro atoms. The van der Waals surface area contributed by atoms with Crippen molar-refractivity contribution in [2.24, 2.45) is 0 Å². The fourth-order valence-electron chi connectivity index (χ4n) is 1.62. The lowest BCUT2D eigenvalue weighted by Gasteiger charge is -2.08. The number of hydrogen-bond acceptors (Lipinski definition) is 4. The number of hydrogen-bond donors (Lipinski definition) is 1. The van der Waals surface area contributed by atoms with Crippen LogP contribution in [0.4, 0.5) is 13.2 Å². The Morgan fingerprint density at radius 2 is 1.90 bits per heavy atom. The van der Waals surface area contributed by atoms with Gasteiger partial charge in [-0.1, -0.05) is 41.7 Å². The molecule has 0 aliphatic rings. The Labute approximate surface area is 115 Å². The Balaban J connectivity index is 2.25. The maximum absolute atomic E-state index is 12.5. The number of carboxylic acids is 1. The predicted octanol–water partition coefficient (Wildman–Crippen LogP) is 2.97.